The molecule has 1 aromatic rings. The highest BCUT2D eigenvalue weighted by molar-refractivity contribution is 6.62. The van der Waals surface area contributed by atoms with Gasteiger partial charge in [0.05, 0.1) is 11.2 Å². The van der Waals surface area contributed by atoms with E-state index in [2.05, 4.69) is 50.1 Å². The zero-order valence-electron chi connectivity index (χ0n) is 13.5. The Kier molecular flexibility index (Phi) is 3.84. The first-order chi connectivity index (χ1) is 9.89. The topological polar surface area (TPSA) is 43.4 Å². The molecule has 2 aliphatic rings. The van der Waals surface area contributed by atoms with Gasteiger partial charge in [0.2, 0.25) is 0 Å². The van der Waals surface area contributed by atoms with Crippen LogP contribution in [0.4, 0.5) is 0 Å². The fourth-order valence-electron chi connectivity index (χ4n) is 2.88. The quantitative estimate of drug-likeness (QED) is 0.843. The number of hydrogen-bond acceptors (Lipinski definition) is 4. The molecule has 0 bridgehead atoms. The predicted molar refractivity (Wildman–Crippen MR) is 84.8 cm³/mol. The molecular formula is C16H25BN2O2. The maximum Gasteiger partial charge on any atom is 0.496 e. The smallest absolute Gasteiger partial charge is 0.399 e. The van der Waals surface area contributed by atoms with Gasteiger partial charge in [0.25, 0.3) is 0 Å². The molecule has 4 nitrogen and oxygen atoms in total. The second-order valence-corrected chi connectivity index (χ2v) is 7.15. The van der Waals surface area contributed by atoms with Crippen LogP contribution in [0.2, 0.25) is 0 Å². The van der Waals surface area contributed by atoms with Gasteiger partial charge in [-0.1, -0.05) is 6.07 Å². The molecule has 5 heteroatoms. The molecule has 0 aromatic carbocycles. The van der Waals surface area contributed by atoms with Crippen molar-refractivity contribution in [2.45, 2.75) is 57.7 Å². The minimum atomic E-state index is -0.318. The second-order valence-electron chi connectivity index (χ2n) is 7.15. The summed E-state index contributed by atoms with van der Waals surface area (Å²) in [5.74, 6) is 0.533. The summed E-state index contributed by atoms with van der Waals surface area (Å²) in [5.41, 5.74) is 1.57. The fourth-order valence-corrected chi connectivity index (χ4v) is 2.88. The Morgan fingerprint density at radius 3 is 2.43 bits per heavy atom. The molecule has 3 rings (SSSR count). The van der Waals surface area contributed by atoms with E-state index >= 15 is 0 Å². The highest BCUT2D eigenvalue weighted by Crippen LogP contribution is 2.36. The van der Waals surface area contributed by atoms with Crippen LogP contribution in [0.1, 0.15) is 52.1 Å². The summed E-state index contributed by atoms with van der Waals surface area (Å²) < 4.78 is 12.1. The Morgan fingerprint density at radius 2 is 1.90 bits per heavy atom. The normalized spacial score (nSPS) is 27.8. The van der Waals surface area contributed by atoms with E-state index < -0.39 is 0 Å². The molecule has 114 valence electrons. The number of piperidine rings is 1. The third-order valence-electron chi connectivity index (χ3n) is 5.05. The van der Waals surface area contributed by atoms with E-state index in [9.17, 15) is 0 Å². The van der Waals surface area contributed by atoms with E-state index in [0.29, 0.717) is 5.92 Å². The summed E-state index contributed by atoms with van der Waals surface area (Å²) in [7, 11) is -0.318. The molecule has 1 N–H and O–H groups in total. The van der Waals surface area contributed by atoms with Crippen molar-refractivity contribution in [3.05, 3.63) is 24.0 Å². The summed E-state index contributed by atoms with van der Waals surface area (Å²) in [6.45, 7) is 10.4. The summed E-state index contributed by atoms with van der Waals surface area (Å²) >= 11 is 0. The van der Waals surface area contributed by atoms with E-state index in [0.717, 1.165) is 18.6 Å². The fraction of sp³-hybridized carbons (Fsp3) is 0.688. The molecule has 0 radical (unpaired) electrons. The van der Waals surface area contributed by atoms with Gasteiger partial charge in [-0.3, -0.25) is 4.98 Å². The molecule has 0 saturated carbocycles. The van der Waals surface area contributed by atoms with Crippen molar-refractivity contribution in [3.63, 3.8) is 0 Å². The zero-order chi connectivity index (χ0) is 15.1. The molecule has 21 heavy (non-hydrogen) atoms. The third-order valence-corrected chi connectivity index (χ3v) is 5.05. The summed E-state index contributed by atoms with van der Waals surface area (Å²) in [6.07, 6.45) is 4.35. The van der Waals surface area contributed by atoms with Crippen molar-refractivity contribution in [1.82, 2.24) is 10.3 Å². The van der Waals surface area contributed by atoms with Gasteiger partial charge < -0.3 is 14.6 Å². The minimum absolute atomic E-state index is 0.302. The average Bonchev–Trinajstić information content (AvgIpc) is 2.69. The first kappa shape index (κ1) is 15.0. The van der Waals surface area contributed by atoms with Crippen LogP contribution in [0.15, 0.2) is 18.3 Å². The Bertz CT molecular complexity index is 480. The lowest BCUT2D eigenvalue weighted by Crippen LogP contribution is -2.41. The molecular weight excluding hydrogens is 263 g/mol. The van der Waals surface area contributed by atoms with Gasteiger partial charge in [-0.15, -0.1) is 0 Å². The highest BCUT2D eigenvalue weighted by Gasteiger charge is 2.51. The average molecular weight is 288 g/mol. The van der Waals surface area contributed by atoms with Gasteiger partial charge in [-0.25, -0.2) is 0 Å². The molecule has 3 heterocycles. The number of rotatable bonds is 2. The first-order valence-electron chi connectivity index (χ1n) is 7.91. The lowest BCUT2D eigenvalue weighted by Gasteiger charge is -2.32. The van der Waals surface area contributed by atoms with Gasteiger partial charge in [0.15, 0.2) is 0 Å². The third kappa shape index (κ3) is 2.87. The number of nitrogens with zero attached hydrogens (tertiary/aromatic N) is 1. The van der Waals surface area contributed by atoms with E-state index in [-0.39, 0.29) is 18.3 Å². The van der Waals surface area contributed by atoms with Crippen LogP contribution < -0.4 is 10.8 Å². The van der Waals surface area contributed by atoms with Crippen molar-refractivity contribution in [3.8, 4) is 0 Å². The van der Waals surface area contributed by atoms with Crippen LogP contribution in [0.5, 0.6) is 0 Å². The molecule has 0 unspecified atom stereocenters. The molecule has 2 saturated heterocycles. The Hall–Kier alpha value is -0.905. The Labute approximate surface area is 127 Å². The van der Waals surface area contributed by atoms with Crippen LogP contribution in [-0.4, -0.2) is 36.4 Å². The second kappa shape index (κ2) is 5.38. The minimum Gasteiger partial charge on any atom is -0.399 e. The molecule has 0 amide bonds. The van der Waals surface area contributed by atoms with Crippen LogP contribution in [0.3, 0.4) is 0 Å². The molecule has 1 atom stereocenters. The van der Waals surface area contributed by atoms with Gasteiger partial charge in [-0.05, 0) is 53.1 Å². The molecule has 1 aromatic heterocycles. The zero-order valence-corrected chi connectivity index (χ0v) is 13.5. The summed E-state index contributed by atoms with van der Waals surface area (Å²) in [6, 6.07) is 4.22. The monoisotopic (exact) mass is 288 g/mol. The van der Waals surface area contributed by atoms with E-state index in [4.69, 9.17) is 9.31 Å². The Balaban J connectivity index is 1.73. The number of hydrogen-bond donors (Lipinski definition) is 1. The standard InChI is InChI=1S/C16H25BN2O2/c1-15(2)16(3,4)21-17(20-15)13-7-8-14(19-11-13)12-6-5-9-18-10-12/h7-8,11-12,18H,5-6,9-10H2,1-4H3/t12-/m0/s1. The van der Waals surface area contributed by atoms with Crippen molar-refractivity contribution in [1.29, 1.82) is 0 Å². The molecule has 0 aliphatic carbocycles. The van der Waals surface area contributed by atoms with Crippen molar-refractivity contribution < 1.29 is 9.31 Å². The largest absolute Gasteiger partial charge is 0.496 e. The molecule has 0 spiro atoms. The van der Waals surface area contributed by atoms with E-state index in [1.54, 1.807) is 0 Å². The summed E-state index contributed by atoms with van der Waals surface area (Å²) in [5, 5.41) is 3.44. The van der Waals surface area contributed by atoms with Gasteiger partial charge in [-0.2, -0.15) is 0 Å². The van der Waals surface area contributed by atoms with Crippen LogP contribution in [-0.2, 0) is 9.31 Å². The number of pyridine rings is 1. The molecule has 2 aliphatic heterocycles. The lowest BCUT2D eigenvalue weighted by atomic mass is 9.80. The SMILES string of the molecule is CC1(C)OB(c2ccc([C@H]3CCCNC3)nc2)OC1(C)C. The lowest BCUT2D eigenvalue weighted by molar-refractivity contribution is 0.00578. The first-order valence-corrected chi connectivity index (χ1v) is 7.91. The maximum absolute atomic E-state index is 6.06. The predicted octanol–water partition coefficient (Wildman–Crippen LogP) is 1.85. The van der Waals surface area contributed by atoms with E-state index in [1.807, 2.05) is 6.20 Å². The van der Waals surface area contributed by atoms with Crippen LogP contribution >= 0.6 is 0 Å². The Morgan fingerprint density at radius 1 is 1.19 bits per heavy atom. The van der Waals surface area contributed by atoms with E-state index in [1.165, 1.54) is 18.5 Å². The van der Waals surface area contributed by atoms with Crippen molar-refractivity contribution in [2.24, 2.45) is 0 Å². The maximum atomic E-state index is 6.06. The van der Waals surface area contributed by atoms with Crippen LogP contribution in [0, 0.1) is 0 Å². The number of aromatic nitrogens is 1. The highest BCUT2D eigenvalue weighted by atomic mass is 16.7. The van der Waals surface area contributed by atoms with Gasteiger partial charge in [0, 0.05) is 29.8 Å². The van der Waals surface area contributed by atoms with Gasteiger partial charge in [0.1, 0.15) is 0 Å². The molecule has 2 fully saturated rings. The van der Waals surface area contributed by atoms with Gasteiger partial charge >= 0.3 is 7.12 Å². The van der Waals surface area contributed by atoms with Crippen molar-refractivity contribution in [2.75, 3.05) is 13.1 Å². The van der Waals surface area contributed by atoms with Crippen LogP contribution in [0.25, 0.3) is 0 Å². The summed E-state index contributed by atoms with van der Waals surface area (Å²) in [4.78, 5) is 4.64. The number of nitrogens with one attached hydrogen (secondary N) is 1. The van der Waals surface area contributed by atoms with Crippen molar-refractivity contribution >= 4 is 12.6 Å².